The van der Waals surface area contributed by atoms with Crippen LogP contribution in [0.5, 0.6) is 5.75 Å². The molecule has 0 saturated carbocycles. The minimum atomic E-state index is -4.27. The van der Waals surface area contributed by atoms with Crippen LogP contribution in [-0.4, -0.2) is 46.0 Å². The van der Waals surface area contributed by atoms with Crippen LogP contribution in [0.3, 0.4) is 0 Å². The smallest absolute Gasteiger partial charge is 0.459 e. The lowest BCUT2D eigenvalue weighted by Crippen LogP contribution is -2.33. The number of rotatable bonds is 12. The number of nitrogens with one attached hydrogen (secondary N) is 2. The zero-order valence-electron chi connectivity index (χ0n) is 23.2. The van der Waals surface area contributed by atoms with Crippen molar-refractivity contribution in [3.8, 4) is 5.75 Å². The summed E-state index contributed by atoms with van der Waals surface area (Å²) < 4.78 is 37.9. The number of aliphatic hydroxyl groups is 1. The maximum atomic E-state index is 14.0. The number of hydrogen-bond acceptors (Lipinski definition) is 9. The van der Waals surface area contributed by atoms with Crippen LogP contribution in [0, 0.1) is 0 Å². The van der Waals surface area contributed by atoms with Crippen molar-refractivity contribution in [3.63, 3.8) is 0 Å². The number of halogens is 1. The van der Waals surface area contributed by atoms with E-state index in [0.29, 0.717) is 5.39 Å². The van der Waals surface area contributed by atoms with Gasteiger partial charge < -0.3 is 19.1 Å². The lowest BCUT2D eigenvalue weighted by molar-refractivity contribution is -0.143. The normalized spacial score (nSPS) is 19.6. The minimum absolute atomic E-state index is 0.00876. The van der Waals surface area contributed by atoms with Crippen LogP contribution in [-0.2, 0) is 30.0 Å². The molecule has 5 rings (SSSR count). The number of carbonyl (C=O) groups excluding carboxylic acids is 1. The highest BCUT2D eigenvalue weighted by Gasteiger charge is 2.39. The van der Waals surface area contributed by atoms with E-state index in [4.69, 9.17) is 18.5 Å². The van der Waals surface area contributed by atoms with Crippen LogP contribution in [0.1, 0.15) is 23.8 Å². The summed E-state index contributed by atoms with van der Waals surface area (Å²) in [5.41, 5.74) is -0.330. The highest BCUT2D eigenvalue weighted by molar-refractivity contribution is 9.11. The summed E-state index contributed by atoms with van der Waals surface area (Å²) in [6, 6.07) is 21.6. The van der Waals surface area contributed by atoms with Gasteiger partial charge in [0.25, 0.3) is 5.56 Å². The Morgan fingerprint density at radius 1 is 1.11 bits per heavy atom. The molecular formula is C30H29BrN3O9P. The van der Waals surface area contributed by atoms with Gasteiger partial charge in [-0.05, 0) is 28.1 Å². The summed E-state index contributed by atoms with van der Waals surface area (Å²) >= 11 is 3.10. The van der Waals surface area contributed by atoms with E-state index in [1.54, 1.807) is 36.4 Å². The number of nitrogens with zero attached hydrogens (tertiary/aromatic N) is 1. The van der Waals surface area contributed by atoms with E-state index < -0.39 is 56.6 Å². The molecule has 1 aliphatic rings. The SMILES string of the molecule is O=C(CNP(=O)(OC[C@H]1O[C@@H](n2cc(/C=C/Br)c(=O)[nH]c2=O)C[C@@H]1O)Oc1cccc2ccccc12)OCc1ccccc1. The first kappa shape index (κ1) is 31.6. The maximum absolute atomic E-state index is 14.0. The van der Waals surface area contributed by atoms with E-state index >= 15 is 0 Å². The third kappa shape index (κ3) is 7.81. The number of esters is 1. The highest BCUT2D eigenvalue weighted by atomic mass is 79.9. The molecule has 1 aromatic heterocycles. The number of H-pyrrole nitrogens is 1. The molecule has 44 heavy (non-hydrogen) atoms. The zero-order chi connectivity index (χ0) is 31.1. The number of carbonyl (C=O) groups is 1. The second-order valence-electron chi connectivity index (χ2n) is 9.82. The van der Waals surface area contributed by atoms with Gasteiger partial charge in [-0.15, -0.1) is 0 Å². The van der Waals surface area contributed by atoms with Crippen molar-refractivity contribution in [2.45, 2.75) is 31.5 Å². The Balaban J connectivity index is 1.31. The summed E-state index contributed by atoms with van der Waals surface area (Å²) in [5, 5.41) is 14.8. The van der Waals surface area contributed by atoms with E-state index in [0.717, 1.165) is 15.5 Å². The van der Waals surface area contributed by atoms with Gasteiger partial charge in [0.05, 0.1) is 18.3 Å². The van der Waals surface area contributed by atoms with Crippen molar-refractivity contribution in [3.05, 3.63) is 116 Å². The predicted octanol–water partition coefficient (Wildman–Crippen LogP) is 4.24. The van der Waals surface area contributed by atoms with Crippen LogP contribution < -0.4 is 20.9 Å². The minimum Gasteiger partial charge on any atom is -0.460 e. The molecular weight excluding hydrogens is 657 g/mol. The van der Waals surface area contributed by atoms with Crippen LogP contribution in [0.15, 0.2) is 93.6 Å². The summed E-state index contributed by atoms with van der Waals surface area (Å²) in [4.78, 5) is 40.7. The lowest BCUT2D eigenvalue weighted by atomic mass is 10.1. The molecule has 14 heteroatoms. The van der Waals surface area contributed by atoms with Crippen LogP contribution in [0.4, 0.5) is 0 Å². The Bertz CT molecular complexity index is 1810. The van der Waals surface area contributed by atoms with Crippen molar-refractivity contribution in [1.82, 2.24) is 14.6 Å². The Labute approximate surface area is 260 Å². The van der Waals surface area contributed by atoms with Gasteiger partial charge in [-0.1, -0.05) is 82.7 Å². The first-order chi connectivity index (χ1) is 21.2. The molecule has 230 valence electrons. The fourth-order valence-electron chi connectivity index (χ4n) is 4.57. The van der Waals surface area contributed by atoms with E-state index in [-0.39, 0.29) is 24.3 Å². The van der Waals surface area contributed by atoms with Crippen LogP contribution >= 0.6 is 23.7 Å². The van der Waals surface area contributed by atoms with Gasteiger partial charge in [-0.3, -0.25) is 23.7 Å². The number of aromatic nitrogens is 2. The number of hydrogen-bond donors (Lipinski definition) is 3. The monoisotopic (exact) mass is 685 g/mol. The van der Waals surface area contributed by atoms with Crippen molar-refractivity contribution in [1.29, 1.82) is 0 Å². The van der Waals surface area contributed by atoms with Crippen LogP contribution in [0.25, 0.3) is 16.8 Å². The van der Waals surface area contributed by atoms with E-state index in [1.807, 2.05) is 36.4 Å². The third-order valence-electron chi connectivity index (χ3n) is 6.79. The van der Waals surface area contributed by atoms with Gasteiger partial charge >= 0.3 is 19.4 Å². The Morgan fingerprint density at radius 2 is 1.86 bits per heavy atom. The molecule has 2 heterocycles. The molecule has 0 bridgehead atoms. The van der Waals surface area contributed by atoms with Gasteiger partial charge in [-0.2, -0.15) is 0 Å². The summed E-state index contributed by atoms with van der Waals surface area (Å²) in [7, 11) is -4.27. The molecule has 1 unspecified atom stereocenters. The summed E-state index contributed by atoms with van der Waals surface area (Å²) in [6.45, 7) is -0.891. The molecule has 4 atom stereocenters. The largest absolute Gasteiger partial charge is 0.460 e. The van der Waals surface area contributed by atoms with E-state index in [9.17, 15) is 24.1 Å². The van der Waals surface area contributed by atoms with E-state index in [2.05, 4.69) is 26.0 Å². The first-order valence-electron chi connectivity index (χ1n) is 13.6. The Kier molecular flexibility index (Phi) is 10.3. The fourth-order valence-corrected chi connectivity index (χ4v) is 6.15. The molecule has 3 aromatic carbocycles. The number of aromatic amines is 1. The third-order valence-corrected chi connectivity index (χ3v) is 8.52. The van der Waals surface area contributed by atoms with Crippen molar-refractivity contribution < 1.29 is 33.0 Å². The lowest BCUT2D eigenvalue weighted by Gasteiger charge is -2.23. The number of aliphatic hydroxyl groups excluding tert-OH is 1. The number of fused-ring (bicyclic) bond motifs is 1. The Hall–Kier alpha value is -3.84. The molecule has 1 fully saturated rings. The van der Waals surface area contributed by atoms with Gasteiger partial charge in [0.15, 0.2) is 0 Å². The summed E-state index contributed by atoms with van der Waals surface area (Å²) in [6.07, 6.45) is -0.314. The van der Waals surface area contributed by atoms with Gasteiger partial charge in [0, 0.05) is 18.0 Å². The molecule has 12 nitrogen and oxygen atoms in total. The van der Waals surface area contributed by atoms with Crippen molar-refractivity contribution in [2.24, 2.45) is 0 Å². The second kappa shape index (κ2) is 14.3. The predicted molar refractivity (Wildman–Crippen MR) is 166 cm³/mol. The highest BCUT2D eigenvalue weighted by Crippen LogP contribution is 2.47. The van der Waals surface area contributed by atoms with Crippen molar-refractivity contribution in [2.75, 3.05) is 13.2 Å². The van der Waals surface area contributed by atoms with Gasteiger partial charge in [-0.25, -0.2) is 14.4 Å². The Morgan fingerprint density at radius 3 is 2.66 bits per heavy atom. The molecule has 0 aliphatic carbocycles. The number of ether oxygens (including phenoxy) is 2. The molecule has 0 spiro atoms. The average Bonchev–Trinajstić information content (AvgIpc) is 3.40. The van der Waals surface area contributed by atoms with Gasteiger partial charge in [0.1, 0.15) is 31.2 Å². The second-order valence-corrected chi connectivity index (χ2v) is 12.1. The molecule has 1 aliphatic heterocycles. The zero-order valence-corrected chi connectivity index (χ0v) is 25.7. The molecule has 4 aromatic rings. The fraction of sp³-hybridized carbons (Fsp3) is 0.233. The molecule has 3 N–H and O–H groups in total. The topological polar surface area (TPSA) is 158 Å². The first-order valence-corrected chi connectivity index (χ1v) is 16.0. The van der Waals surface area contributed by atoms with Gasteiger partial charge in [0.2, 0.25) is 0 Å². The standard InChI is InChI=1S/C30H29BrN3O9P/c31-14-13-22-17-34(30(38)33-29(22)37)27-15-24(35)26(42-27)19-41-44(39,32-16-28(36)40-18-20-7-2-1-3-8-20)43-25-12-6-10-21-9-4-5-11-23(21)25/h1-14,17,24,26-27,35H,15-16,18-19H2,(H,32,39)(H,33,37,38)/b14-13+/t24-,26+,27+,44?/m0/s1. The maximum Gasteiger partial charge on any atom is 0.459 e. The summed E-state index contributed by atoms with van der Waals surface area (Å²) in [5.74, 6) is -0.447. The molecule has 0 amide bonds. The molecule has 1 saturated heterocycles. The van der Waals surface area contributed by atoms with E-state index in [1.165, 1.54) is 17.3 Å². The van der Waals surface area contributed by atoms with Crippen molar-refractivity contribution >= 4 is 46.5 Å². The number of benzene rings is 3. The molecule has 0 radical (unpaired) electrons. The average molecular weight is 686 g/mol. The van der Waals surface area contributed by atoms with Crippen LogP contribution in [0.2, 0.25) is 0 Å². The quantitative estimate of drug-likeness (QED) is 0.146.